The zero-order valence-electron chi connectivity index (χ0n) is 12.4. The fraction of sp³-hybridized carbons (Fsp3) is 0.500. The lowest BCUT2D eigenvalue weighted by Gasteiger charge is -2.48. The molecular formula is C16H16N4O2S. The number of hydrogen-bond acceptors (Lipinski definition) is 4. The standard InChI is InChI=1S/C16H16N4O2S/c21-23(22,13-3-1-2-6-17-13)20-14-10-8-18-19-11(10)7-12-15(4-5-15)9-16(12,14)20/h1-3,6,8,12,14H,4-5,7,9H2,(H,18,19). The monoisotopic (exact) mass is 328 g/mol. The van der Waals surface area contributed by atoms with Crippen molar-refractivity contribution in [2.45, 2.75) is 42.3 Å². The molecule has 1 N–H and O–H groups in total. The van der Waals surface area contributed by atoms with Gasteiger partial charge >= 0.3 is 0 Å². The van der Waals surface area contributed by atoms with Crippen LogP contribution < -0.4 is 0 Å². The summed E-state index contributed by atoms with van der Waals surface area (Å²) in [4.78, 5) is 4.09. The molecule has 0 radical (unpaired) electrons. The van der Waals surface area contributed by atoms with Crippen LogP contribution in [0.2, 0.25) is 0 Å². The van der Waals surface area contributed by atoms with Crippen LogP contribution in [0.4, 0.5) is 0 Å². The van der Waals surface area contributed by atoms with Crippen molar-refractivity contribution in [2.75, 3.05) is 0 Å². The summed E-state index contributed by atoms with van der Waals surface area (Å²) in [6.45, 7) is 0. The molecule has 1 aliphatic heterocycles. The summed E-state index contributed by atoms with van der Waals surface area (Å²) in [6, 6.07) is 5.02. The number of aromatic nitrogens is 3. The highest BCUT2D eigenvalue weighted by Crippen LogP contribution is 2.83. The molecule has 4 aliphatic rings. The number of hydrogen-bond donors (Lipinski definition) is 1. The van der Waals surface area contributed by atoms with Gasteiger partial charge in [0, 0.05) is 17.5 Å². The van der Waals surface area contributed by atoms with E-state index < -0.39 is 10.0 Å². The van der Waals surface area contributed by atoms with Gasteiger partial charge in [-0.15, -0.1) is 0 Å². The lowest BCUT2D eigenvalue weighted by atomic mass is 9.55. The van der Waals surface area contributed by atoms with Crippen LogP contribution in [0.25, 0.3) is 0 Å². The maximum atomic E-state index is 13.1. The van der Waals surface area contributed by atoms with Gasteiger partial charge < -0.3 is 0 Å². The summed E-state index contributed by atoms with van der Waals surface area (Å²) in [5.41, 5.74) is 2.38. The predicted molar refractivity (Wildman–Crippen MR) is 80.8 cm³/mol. The third kappa shape index (κ3) is 1.26. The van der Waals surface area contributed by atoms with E-state index in [4.69, 9.17) is 0 Å². The lowest BCUT2D eigenvalue weighted by Crippen LogP contribution is -2.52. The minimum atomic E-state index is -3.55. The number of sulfonamides is 1. The fourth-order valence-corrected chi connectivity index (χ4v) is 7.32. The van der Waals surface area contributed by atoms with Gasteiger partial charge in [-0.25, -0.2) is 13.4 Å². The molecule has 0 aromatic carbocycles. The largest absolute Gasteiger partial charge is 0.282 e. The van der Waals surface area contributed by atoms with Crippen LogP contribution >= 0.6 is 0 Å². The van der Waals surface area contributed by atoms with Crippen molar-refractivity contribution in [3.05, 3.63) is 41.9 Å². The Hall–Kier alpha value is -1.73. The van der Waals surface area contributed by atoms with Crippen molar-refractivity contribution >= 4 is 10.0 Å². The van der Waals surface area contributed by atoms with E-state index >= 15 is 0 Å². The number of nitrogens with one attached hydrogen (secondary N) is 1. The number of nitrogens with zero attached hydrogens (tertiary/aromatic N) is 3. The molecule has 6 nitrogen and oxygen atoms in total. The second kappa shape index (κ2) is 3.52. The van der Waals surface area contributed by atoms with Crippen LogP contribution in [0.1, 0.15) is 36.6 Å². The summed E-state index contributed by atoms with van der Waals surface area (Å²) >= 11 is 0. The van der Waals surface area contributed by atoms with Crippen molar-refractivity contribution in [1.82, 2.24) is 19.5 Å². The Kier molecular flexibility index (Phi) is 1.94. The molecule has 2 saturated carbocycles. The third-order valence-electron chi connectivity index (χ3n) is 6.54. The maximum absolute atomic E-state index is 13.1. The molecule has 118 valence electrons. The number of H-pyrrole nitrogens is 1. The Morgan fingerprint density at radius 3 is 2.91 bits per heavy atom. The molecule has 3 fully saturated rings. The maximum Gasteiger partial charge on any atom is 0.261 e. The van der Waals surface area contributed by atoms with Gasteiger partial charge in [0.25, 0.3) is 10.0 Å². The van der Waals surface area contributed by atoms with Crippen molar-refractivity contribution in [2.24, 2.45) is 11.3 Å². The topological polar surface area (TPSA) is 78.7 Å². The smallest absolute Gasteiger partial charge is 0.261 e. The minimum Gasteiger partial charge on any atom is -0.282 e. The molecule has 1 saturated heterocycles. The van der Waals surface area contributed by atoms with E-state index in [1.165, 1.54) is 12.8 Å². The van der Waals surface area contributed by atoms with E-state index in [-0.39, 0.29) is 16.6 Å². The molecular weight excluding hydrogens is 312 g/mol. The first kappa shape index (κ1) is 12.7. The molecule has 23 heavy (non-hydrogen) atoms. The second-order valence-electron chi connectivity index (χ2n) is 7.46. The predicted octanol–water partition coefficient (Wildman–Crippen LogP) is 1.65. The highest BCUT2D eigenvalue weighted by Gasteiger charge is 2.86. The summed E-state index contributed by atoms with van der Waals surface area (Å²) in [5, 5.41) is 7.41. The molecule has 0 amide bonds. The van der Waals surface area contributed by atoms with Gasteiger partial charge in [0.05, 0.1) is 17.8 Å². The van der Waals surface area contributed by atoms with Crippen LogP contribution in [0.5, 0.6) is 0 Å². The van der Waals surface area contributed by atoms with E-state index in [1.807, 2.05) is 6.20 Å². The Labute approximate surface area is 134 Å². The molecule has 0 bridgehead atoms. The van der Waals surface area contributed by atoms with Crippen molar-refractivity contribution in [3.8, 4) is 0 Å². The first-order valence-electron chi connectivity index (χ1n) is 8.07. The summed E-state index contributed by atoms with van der Waals surface area (Å²) in [7, 11) is -3.55. The first-order chi connectivity index (χ1) is 11.1. The van der Waals surface area contributed by atoms with E-state index in [2.05, 4.69) is 15.2 Å². The van der Waals surface area contributed by atoms with Crippen molar-refractivity contribution in [3.63, 3.8) is 0 Å². The van der Waals surface area contributed by atoms with Gasteiger partial charge in [0.1, 0.15) is 0 Å². The highest BCUT2D eigenvalue weighted by atomic mass is 32.2. The molecule has 2 spiro atoms. The highest BCUT2D eigenvalue weighted by molar-refractivity contribution is 7.89. The van der Waals surface area contributed by atoms with E-state index in [1.54, 1.807) is 28.7 Å². The van der Waals surface area contributed by atoms with Crippen LogP contribution in [-0.2, 0) is 16.4 Å². The quantitative estimate of drug-likeness (QED) is 0.850. The Morgan fingerprint density at radius 1 is 1.30 bits per heavy atom. The van der Waals surface area contributed by atoms with Gasteiger partial charge in [-0.1, -0.05) is 6.07 Å². The van der Waals surface area contributed by atoms with E-state index in [0.29, 0.717) is 11.3 Å². The molecule has 7 heteroatoms. The molecule has 3 aliphatic carbocycles. The summed E-state index contributed by atoms with van der Waals surface area (Å²) in [5.74, 6) is 0.437. The second-order valence-corrected chi connectivity index (χ2v) is 9.22. The molecule has 6 rings (SSSR count). The Bertz CT molecular complexity index is 934. The van der Waals surface area contributed by atoms with Crippen LogP contribution in [-0.4, -0.2) is 33.4 Å². The van der Waals surface area contributed by atoms with Crippen LogP contribution in [0.15, 0.2) is 35.6 Å². The molecule has 2 aromatic rings. The van der Waals surface area contributed by atoms with Gasteiger partial charge in [-0.3, -0.25) is 5.10 Å². The summed E-state index contributed by atoms with van der Waals surface area (Å²) < 4.78 is 28.0. The van der Waals surface area contributed by atoms with Crippen molar-refractivity contribution < 1.29 is 8.42 Å². The SMILES string of the molecule is O=S(=O)(c1ccccn1)N1C2c3cn[nH]c3CC3C4(CC4)CC231. The first-order valence-corrected chi connectivity index (χ1v) is 9.51. The zero-order valence-corrected chi connectivity index (χ0v) is 13.3. The van der Waals surface area contributed by atoms with E-state index in [9.17, 15) is 8.42 Å². The molecule has 3 heterocycles. The van der Waals surface area contributed by atoms with Gasteiger partial charge in [-0.05, 0) is 49.1 Å². The third-order valence-corrected chi connectivity index (χ3v) is 8.37. The zero-order chi connectivity index (χ0) is 15.4. The van der Waals surface area contributed by atoms with E-state index in [0.717, 1.165) is 24.1 Å². The van der Waals surface area contributed by atoms with Gasteiger partial charge in [-0.2, -0.15) is 9.40 Å². The molecule has 2 aromatic heterocycles. The lowest BCUT2D eigenvalue weighted by molar-refractivity contribution is 0.0547. The average molecular weight is 328 g/mol. The average Bonchev–Trinajstić information content (AvgIpc) is 3.44. The normalized spacial score (nSPS) is 38.2. The Balaban J connectivity index is 1.51. The van der Waals surface area contributed by atoms with Gasteiger partial charge in [0.2, 0.25) is 0 Å². The van der Waals surface area contributed by atoms with Crippen LogP contribution in [0.3, 0.4) is 0 Å². The number of aromatic amines is 1. The number of pyridine rings is 1. The Morgan fingerprint density at radius 2 is 2.17 bits per heavy atom. The molecule has 4 unspecified atom stereocenters. The number of rotatable bonds is 2. The fourth-order valence-electron chi connectivity index (χ4n) is 5.41. The molecule has 4 atom stereocenters. The van der Waals surface area contributed by atoms with Crippen LogP contribution in [0, 0.1) is 11.3 Å². The van der Waals surface area contributed by atoms with Gasteiger partial charge in [0.15, 0.2) is 5.03 Å². The van der Waals surface area contributed by atoms with Crippen molar-refractivity contribution in [1.29, 1.82) is 0 Å². The summed E-state index contributed by atoms with van der Waals surface area (Å²) in [6.07, 6.45) is 7.78. The minimum absolute atomic E-state index is 0.0479. The number of fused-ring (bicyclic) bond motifs is 3.